The lowest BCUT2D eigenvalue weighted by atomic mass is 9.80. The van der Waals surface area contributed by atoms with Crippen molar-refractivity contribution in [2.75, 3.05) is 38.7 Å². The molecule has 0 saturated carbocycles. The summed E-state index contributed by atoms with van der Waals surface area (Å²) < 4.78 is 5.88. The van der Waals surface area contributed by atoms with E-state index in [1.165, 1.54) is 11.1 Å². The molecule has 1 aromatic heterocycles. The van der Waals surface area contributed by atoms with Crippen molar-refractivity contribution in [3.05, 3.63) is 52.8 Å². The van der Waals surface area contributed by atoms with Crippen LogP contribution in [-0.2, 0) is 28.0 Å². The van der Waals surface area contributed by atoms with E-state index in [0.717, 1.165) is 37.1 Å². The third-order valence-corrected chi connectivity index (χ3v) is 6.07. The minimum atomic E-state index is -0.200. The van der Waals surface area contributed by atoms with Crippen molar-refractivity contribution < 1.29 is 9.53 Å². The highest BCUT2D eigenvalue weighted by molar-refractivity contribution is 5.76. The van der Waals surface area contributed by atoms with Crippen molar-refractivity contribution in [2.45, 2.75) is 44.6 Å². The van der Waals surface area contributed by atoms with Crippen LogP contribution in [0.4, 0.5) is 5.95 Å². The largest absolute Gasteiger partial charge is 0.376 e. The van der Waals surface area contributed by atoms with Crippen LogP contribution in [0.2, 0.25) is 0 Å². The molecule has 1 atom stereocenters. The van der Waals surface area contributed by atoms with Crippen LogP contribution in [0.15, 0.2) is 30.5 Å². The summed E-state index contributed by atoms with van der Waals surface area (Å²) in [6.45, 7) is 4.73. The monoisotopic (exact) mass is 394 g/mol. The van der Waals surface area contributed by atoms with Gasteiger partial charge in [-0.05, 0) is 31.7 Å². The smallest absolute Gasteiger partial charge is 0.225 e. The van der Waals surface area contributed by atoms with Gasteiger partial charge in [0.1, 0.15) is 0 Å². The number of hydrogen-bond acceptors (Lipinski definition) is 5. The Kier molecular flexibility index (Phi) is 5.54. The molecule has 1 amide bonds. The molecule has 1 saturated heterocycles. The van der Waals surface area contributed by atoms with Crippen molar-refractivity contribution in [3.63, 3.8) is 0 Å². The molecule has 1 aromatic carbocycles. The molecular weight excluding hydrogens is 364 g/mol. The first-order valence-electron chi connectivity index (χ1n) is 10.4. The summed E-state index contributed by atoms with van der Waals surface area (Å²) in [5, 5.41) is 0. The first-order chi connectivity index (χ1) is 14.0. The van der Waals surface area contributed by atoms with Gasteiger partial charge in [-0.15, -0.1) is 0 Å². The highest BCUT2D eigenvalue weighted by Crippen LogP contribution is 2.39. The van der Waals surface area contributed by atoms with Gasteiger partial charge in [0, 0.05) is 45.4 Å². The molecule has 0 radical (unpaired) electrons. The highest BCUT2D eigenvalue weighted by Gasteiger charge is 2.46. The summed E-state index contributed by atoms with van der Waals surface area (Å²) in [6, 6.07) is 8.57. The minimum absolute atomic E-state index is 0.200. The summed E-state index contributed by atoms with van der Waals surface area (Å²) in [7, 11) is 3.90. The molecule has 2 aliphatic rings. The molecule has 0 aliphatic carbocycles. The molecular formula is C23H30N4O2. The number of anilines is 1. The molecule has 2 aliphatic heterocycles. The van der Waals surface area contributed by atoms with Crippen molar-refractivity contribution in [2.24, 2.45) is 0 Å². The van der Waals surface area contributed by atoms with E-state index in [2.05, 4.69) is 36.2 Å². The van der Waals surface area contributed by atoms with Gasteiger partial charge in [-0.3, -0.25) is 4.79 Å². The summed E-state index contributed by atoms with van der Waals surface area (Å²) in [5.41, 5.74) is 4.48. The number of carbonyl (C=O) groups excluding carboxylic acids is 1. The Hall–Kier alpha value is -2.47. The third-order valence-electron chi connectivity index (χ3n) is 6.07. The Bertz CT molecular complexity index is 881. The van der Waals surface area contributed by atoms with E-state index < -0.39 is 0 Å². The molecule has 6 nitrogen and oxygen atoms in total. The average Bonchev–Trinajstić information content (AvgIpc) is 3.14. The van der Waals surface area contributed by atoms with Crippen LogP contribution in [-0.4, -0.2) is 54.6 Å². The van der Waals surface area contributed by atoms with Gasteiger partial charge in [-0.2, -0.15) is 0 Å². The topological polar surface area (TPSA) is 58.6 Å². The second-order valence-electron chi connectivity index (χ2n) is 8.62. The van der Waals surface area contributed by atoms with Gasteiger partial charge in [0.15, 0.2) is 0 Å². The van der Waals surface area contributed by atoms with Gasteiger partial charge in [-0.25, -0.2) is 9.97 Å². The number of likely N-dealkylation sites (tertiary alicyclic amines) is 1. The fourth-order valence-electron chi connectivity index (χ4n) is 4.36. The summed E-state index contributed by atoms with van der Waals surface area (Å²) in [4.78, 5) is 26.1. The van der Waals surface area contributed by atoms with E-state index in [1.807, 2.05) is 30.1 Å². The summed E-state index contributed by atoms with van der Waals surface area (Å²) in [5.74, 6) is 0.955. The Balaban J connectivity index is 1.40. The standard InChI is InChI=1S/C23H30N4O2/c1-17-7-9-18(10-8-17)5-4-6-20(28)27-12-11-23(15-27)16-29-14-19-13-24-22(26(2)3)25-21(19)23/h7-10,13H,4-6,11-12,14-16H2,1-3H3/t23-/m0/s1. The van der Waals surface area contributed by atoms with Crippen LogP contribution < -0.4 is 4.90 Å². The van der Waals surface area contributed by atoms with E-state index in [0.29, 0.717) is 32.1 Å². The number of nitrogens with zero attached hydrogens (tertiary/aromatic N) is 4. The number of fused-ring (bicyclic) bond motifs is 2. The summed E-state index contributed by atoms with van der Waals surface area (Å²) >= 11 is 0. The first-order valence-corrected chi connectivity index (χ1v) is 10.4. The number of rotatable bonds is 5. The minimum Gasteiger partial charge on any atom is -0.376 e. The molecule has 1 spiro atoms. The quantitative estimate of drug-likeness (QED) is 0.780. The maximum atomic E-state index is 12.8. The summed E-state index contributed by atoms with van der Waals surface area (Å²) in [6.07, 6.45) is 5.18. The molecule has 154 valence electrons. The van der Waals surface area contributed by atoms with Gasteiger partial charge in [0.05, 0.1) is 24.3 Å². The zero-order valence-electron chi connectivity index (χ0n) is 17.6. The lowest BCUT2D eigenvalue weighted by molar-refractivity contribution is -0.130. The van der Waals surface area contributed by atoms with Crippen LogP contribution in [0.5, 0.6) is 0 Å². The second-order valence-corrected chi connectivity index (χ2v) is 8.62. The van der Waals surface area contributed by atoms with Crippen LogP contribution in [0, 0.1) is 6.92 Å². The van der Waals surface area contributed by atoms with Gasteiger partial charge in [0.2, 0.25) is 11.9 Å². The molecule has 2 aromatic rings. The Morgan fingerprint density at radius 3 is 2.83 bits per heavy atom. The predicted octanol–water partition coefficient (Wildman–Crippen LogP) is 2.87. The van der Waals surface area contributed by atoms with Crippen LogP contribution in [0.25, 0.3) is 0 Å². The zero-order chi connectivity index (χ0) is 20.4. The van der Waals surface area contributed by atoms with Gasteiger partial charge in [0.25, 0.3) is 0 Å². The van der Waals surface area contributed by atoms with Crippen molar-refractivity contribution >= 4 is 11.9 Å². The van der Waals surface area contributed by atoms with Crippen molar-refractivity contribution in [1.29, 1.82) is 0 Å². The molecule has 29 heavy (non-hydrogen) atoms. The molecule has 0 unspecified atom stereocenters. The number of amides is 1. The van der Waals surface area contributed by atoms with Crippen molar-refractivity contribution in [3.8, 4) is 0 Å². The van der Waals surface area contributed by atoms with Gasteiger partial charge >= 0.3 is 0 Å². The zero-order valence-corrected chi connectivity index (χ0v) is 17.6. The fourth-order valence-corrected chi connectivity index (χ4v) is 4.36. The van der Waals surface area contributed by atoms with E-state index in [9.17, 15) is 4.79 Å². The van der Waals surface area contributed by atoms with E-state index >= 15 is 0 Å². The SMILES string of the molecule is Cc1ccc(CCCC(=O)N2CC[C@@]3(COCc4cnc(N(C)C)nc43)C2)cc1. The van der Waals surface area contributed by atoms with Crippen molar-refractivity contribution in [1.82, 2.24) is 14.9 Å². The molecule has 0 N–H and O–H groups in total. The normalized spacial score (nSPS) is 20.7. The highest BCUT2D eigenvalue weighted by atomic mass is 16.5. The lowest BCUT2D eigenvalue weighted by Crippen LogP contribution is -2.42. The molecule has 4 rings (SSSR count). The number of hydrogen-bond donors (Lipinski definition) is 0. The molecule has 1 fully saturated rings. The fraction of sp³-hybridized carbons (Fsp3) is 0.522. The van der Waals surface area contributed by atoms with E-state index in [-0.39, 0.29) is 11.3 Å². The number of aromatic nitrogens is 2. The predicted molar refractivity (Wildman–Crippen MR) is 113 cm³/mol. The lowest BCUT2D eigenvalue weighted by Gasteiger charge is -2.34. The number of aryl methyl sites for hydroxylation is 2. The number of carbonyl (C=O) groups is 1. The molecule has 3 heterocycles. The van der Waals surface area contributed by atoms with E-state index in [1.54, 1.807) is 0 Å². The Morgan fingerprint density at radius 2 is 2.07 bits per heavy atom. The Morgan fingerprint density at radius 1 is 1.28 bits per heavy atom. The first kappa shape index (κ1) is 19.8. The molecule has 6 heteroatoms. The second kappa shape index (κ2) is 8.11. The Labute approximate surface area is 172 Å². The molecule has 0 bridgehead atoms. The maximum Gasteiger partial charge on any atom is 0.225 e. The average molecular weight is 395 g/mol. The van der Waals surface area contributed by atoms with Crippen LogP contribution in [0.3, 0.4) is 0 Å². The third kappa shape index (κ3) is 4.13. The van der Waals surface area contributed by atoms with Gasteiger partial charge in [-0.1, -0.05) is 29.8 Å². The number of benzene rings is 1. The maximum absolute atomic E-state index is 12.8. The van der Waals surface area contributed by atoms with Crippen LogP contribution in [0.1, 0.15) is 41.6 Å². The van der Waals surface area contributed by atoms with Gasteiger partial charge < -0.3 is 14.5 Å². The van der Waals surface area contributed by atoms with E-state index in [4.69, 9.17) is 9.72 Å². The van der Waals surface area contributed by atoms with Crippen LogP contribution >= 0.6 is 0 Å². The number of ether oxygens (including phenoxy) is 1.